The van der Waals surface area contributed by atoms with Crippen LogP contribution in [0.3, 0.4) is 0 Å². The van der Waals surface area contributed by atoms with Gasteiger partial charge in [-0.05, 0) is 37.8 Å². The van der Waals surface area contributed by atoms with Gasteiger partial charge in [-0.3, -0.25) is 9.59 Å². The summed E-state index contributed by atoms with van der Waals surface area (Å²) in [6.45, 7) is 4.67. The highest BCUT2D eigenvalue weighted by Crippen LogP contribution is 2.25. The van der Waals surface area contributed by atoms with Crippen molar-refractivity contribution in [3.8, 4) is 0 Å². The first-order valence-corrected chi connectivity index (χ1v) is 7.77. The van der Waals surface area contributed by atoms with Crippen LogP contribution < -0.4 is 5.32 Å². The molecule has 0 radical (unpaired) electrons. The highest BCUT2D eigenvalue weighted by molar-refractivity contribution is 5.78. The summed E-state index contributed by atoms with van der Waals surface area (Å²) in [6, 6.07) is -0.341. The molecule has 0 aliphatic carbocycles. The molecular weight excluding hydrogens is 272 g/mol. The minimum Gasteiger partial charge on any atom is -0.481 e. The van der Waals surface area contributed by atoms with Gasteiger partial charge in [-0.2, -0.15) is 0 Å². The molecule has 2 fully saturated rings. The molecule has 0 spiro atoms. The van der Waals surface area contributed by atoms with Gasteiger partial charge in [-0.25, -0.2) is 0 Å². The molecule has 4 unspecified atom stereocenters. The average Bonchev–Trinajstić information content (AvgIpc) is 2.96. The van der Waals surface area contributed by atoms with E-state index in [2.05, 4.69) is 12.2 Å². The van der Waals surface area contributed by atoms with Gasteiger partial charge in [0.25, 0.3) is 0 Å². The number of carbonyl (C=O) groups is 2. The number of piperidine rings is 1. The summed E-state index contributed by atoms with van der Waals surface area (Å²) in [5.41, 5.74) is 0. The number of hydrogen-bond donors (Lipinski definition) is 2. The van der Waals surface area contributed by atoms with Crippen molar-refractivity contribution >= 4 is 11.9 Å². The summed E-state index contributed by atoms with van der Waals surface area (Å²) in [5.74, 6) is -0.619. The van der Waals surface area contributed by atoms with Crippen LogP contribution in [0.4, 0.5) is 0 Å². The third-order valence-electron chi connectivity index (χ3n) is 4.89. The fraction of sp³-hybridized carbons (Fsp3) is 0.867. The van der Waals surface area contributed by atoms with Crippen LogP contribution in [-0.4, -0.2) is 61.3 Å². The lowest BCUT2D eigenvalue weighted by atomic mass is 9.85. The Hall–Kier alpha value is -1.14. The Bertz CT molecular complexity index is 382. The number of nitrogens with one attached hydrogen (secondary N) is 1. The predicted molar refractivity (Wildman–Crippen MR) is 77.9 cm³/mol. The van der Waals surface area contributed by atoms with Crippen LogP contribution in [0.15, 0.2) is 0 Å². The van der Waals surface area contributed by atoms with Crippen LogP contribution in [0.25, 0.3) is 0 Å². The number of likely N-dealkylation sites (N-methyl/N-ethyl adjacent to an activating group) is 1. The van der Waals surface area contributed by atoms with Crippen LogP contribution >= 0.6 is 0 Å². The van der Waals surface area contributed by atoms with E-state index in [0.29, 0.717) is 24.9 Å². The molecule has 0 aromatic carbocycles. The van der Waals surface area contributed by atoms with Crippen molar-refractivity contribution in [3.05, 3.63) is 0 Å². The quantitative estimate of drug-likeness (QED) is 0.776. The molecule has 0 bridgehead atoms. The summed E-state index contributed by atoms with van der Waals surface area (Å²) in [7, 11) is 1.70. The lowest BCUT2D eigenvalue weighted by molar-refractivity contribution is -0.144. The van der Waals surface area contributed by atoms with E-state index in [1.54, 1.807) is 11.9 Å². The Morgan fingerprint density at radius 1 is 1.43 bits per heavy atom. The standard InChI is InChI=1S/C15H26N2O4/c1-10(11-4-3-5-16-7-11)6-14(18)17(2)13-9-21-8-12(13)15(19)20/h10-13,16H,3-9H2,1-2H3,(H,19,20). The summed E-state index contributed by atoms with van der Waals surface area (Å²) < 4.78 is 5.24. The molecule has 2 aliphatic heterocycles. The maximum absolute atomic E-state index is 12.4. The maximum atomic E-state index is 12.4. The van der Waals surface area contributed by atoms with Crippen LogP contribution in [0.1, 0.15) is 26.2 Å². The Kier molecular flexibility index (Phi) is 5.58. The van der Waals surface area contributed by atoms with Crippen molar-refractivity contribution in [1.29, 1.82) is 0 Å². The van der Waals surface area contributed by atoms with E-state index in [9.17, 15) is 14.7 Å². The van der Waals surface area contributed by atoms with Crippen LogP contribution in [0.5, 0.6) is 0 Å². The smallest absolute Gasteiger partial charge is 0.311 e. The van der Waals surface area contributed by atoms with Gasteiger partial charge in [0.1, 0.15) is 5.92 Å². The second kappa shape index (κ2) is 7.22. The van der Waals surface area contributed by atoms with E-state index in [4.69, 9.17) is 4.74 Å². The third-order valence-corrected chi connectivity index (χ3v) is 4.89. The zero-order valence-corrected chi connectivity index (χ0v) is 12.9. The fourth-order valence-corrected chi connectivity index (χ4v) is 3.30. The molecule has 1 amide bonds. The van der Waals surface area contributed by atoms with Crippen molar-refractivity contribution in [2.75, 3.05) is 33.4 Å². The highest BCUT2D eigenvalue weighted by Gasteiger charge is 2.38. The van der Waals surface area contributed by atoms with E-state index in [0.717, 1.165) is 25.9 Å². The number of ether oxygens (including phenoxy) is 1. The number of nitrogens with zero attached hydrogens (tertiary/aromatic N) is 1. The van der Waals surface area contributed by atoms with Gasteiger partial charge in [0.05, 0.1) is 19.3 Å². The first kappa shape index (κ1) is 16.2. The maximum Gasteiger partial charge on any atom is 0.311 e. The van der Waals surface area contributed by atoms with Crippen LogP contribution in [0, 0.1) is 17.8 Å². The van der Waals surface area contributed by atoms with Gasteiger partial charge in [-0.15, -0.1) is 0 Å². The number of carboxylic acids is 1. The highest BCUT2D eigenvalue weighted by atomic mass is 16.5. The molecule has 2 rings (SSSR count). The number of carbonyl (C=O) groups excluding carboxylic acids is 1. The summed E-state index contributed by atoms with van der Waals surface area (Å²) in [6.07, 6.45) is 2.80. The molecule has 2 N–H and O–H groups in total. The van der Waals surface area contributed by atoms with Crippen LogP contribution in [-0.2, 0) is 14.3 Å². The Balaban J connectivity index is 1.88. The number of carboxylic acid groups (broad SMARTS) is 1. The average molecular weight is 298 g/mol. The normalized spacial score (nSPS) is 30.9. The largest absolute Gasteiger partial charge is 0.481 e. The van der Waals surface area contributed by atoms with Gasteiger partial charge in [-0.1, -0.05) is 6.92 Å². The molecule has 4 atom stereocenters. The fourth-order valence-electron chi connectivity index (χ4n) is 3.30. The molecule has 6 heteroatoms. The summed E-state index contributed by atoms with van der Waals surface area (Å²) in [5, 5.41) is 12.5. The molecular formula is C15H26N2O4. The number of hydrogen-bond acceptors (Lipinski definition) is 4. The molecule has 120 valence electrons. The number of rotatable bonds is 5. The Morgan fingerprint density at radius 2 is 2.19 bits per heavy atom. The summed E-state index contributed by atoms with van der Waals surface area (Å²) in [4.78, 5) is 25.2. The van der Waals surface area contributed by atoms with Crippen molar-refractivity contribution in [1.82, 2.24) is 10.2 Å². The zero-order chi connectivity index (χ0) is 15.4. The second-order valence-electron chi connectivity index (χ2n) is 6.34. The number of amides is 1. The van der Waals surface area contributed by atoms with E-state index < -0.39 is 11.9 Å². The lowest BCUT2D eigenvalue weighted by Gasteiger charge is -2.31. The van der Waals surface area contributed by atoms with E-state index >= 15 is 0 Å². The van der Waals surface area contributed by atoms with Crippen LogP contribution in [0.2, 0.25) is 0 Å². The van der Waals surface area contributed by atoms with Crippen molar-refractivity contribution < 1.29 is 19.4 Å². The summed E-state index contributed by atoms with van der Waals surface area (Å²) >= 11 is 0. The molecule has 21 heavy (non-hydrogen) atoms. The van der Waals surface area contributed by atoms with Gasteiger partial charge in [0.2, 0.25) is 5.91 Å². The molecule has 6 nitrogen and oxygen atoms in total. The molecule has 2 saturated heterocycles. The van der Waals surface area contributed by atoms with Gasteiger partial charge >= 0.3 is 5.97 Å². The monoisotopic (exact) mass is 298 g/mol. The minimum absolute atomic E-state index is 0.0230. The molecule has 2 heterocycles. The van der Waals surface area contributed by atoms with E-state index in [1.165, 1.54) is 0 Å². The Labute approximate surface area is 125 Å². The first-order valence-electron chi connectivity index (χ1n) is 7.77. The lowest BCUT2D eigenvalue weighted by Crippen LogP contribution is -2.45. The van der Waals surface area contributed by atoms with Gasteiger partial charge in [0, 0.05) is 13.5 Å². The molecule has 0 saturated carbocycles. The molecule has 2 aliphatic rings. The van der Waals surface area contributed by atoms with E-state index in [-0.39, 0.29) is 18.6 Å². The first-order chi connectivity index (χ1) is 10.0. The topological polar surface area (TPSA) is 78.9 Å². The SMILES string of the molecule is CC(CC(=O)N(C)C1COCC1C(=O)O)C1CCCNC1. The zero-order valence-electron chi connectivity index (χ0n) is 12.9. The third kappa shape index (κ3) is 3.95. The molecule has 0 aromatic rings. The Morgan fingerprint density at radius 3 is 2.81 bits per heavy atom. The van der Waals surface area contributed by atoms with Crippen molar-refractivity contribution in [3.63, 3.8) is 0 Å². The van der Waals surface area contributed by atoms with E-state index in [1.807, 2.05) is 0 Å². The predicted octanol–water partition coefficient (Wildman–Crippen LogP) is 0.570. The minimum atomic E-state index is -0.887. The van der Waals surface area contributed by atoms with Crippen molar-refractivity contribution in [2.24, 2.45) is 17.8 Å². The van der Waals surface area contributed by atoms with Gasteiger partial charge in [0.15, 0.2) is 0 Å². The second-order valence-corrected chi connectivity index (χ2v) is 6.34. The van der Waals surface area contributed by atoms with Crippen molar-refractivity contribution in [2.45, 2.75) is 32.2 Å². The number of aliphatic carboxylic acids is 1. The van der Waals surface area contributed by atoms with Gasteiger partial charge < -0.3 is 20.1 Å². The molecule has 0 aromatic heterocycles.